The van der Waals surface area contributed by atoms with Crippen molar-refractivity contribution >= 4 is 16.9 Å². The Hall–Kier alpha value is -3.71. The highest BCUT2D eigenvalue weighted by atomic mass is 19.1. The second-order valence-electron chi connectivity index (χ2n) is 7.51. The average molecular weight is 434 g/mol. The molecule has 0 spiro atoms. The van der Waals surface area contributed by atoms with Crippen LogP contribution in [-0.2, 0) is 30.8 Å². The van der Waals surface area contributed by atoms with Gasteiger partial charge in [0.25, 0.3) is 6.01 Å². The predicted octanol–water partition coefficient (Wildman–Crippen LogP) is 4.86. The van der Waals surface area contributed by atoms with E-state index < -0.39 is 12.0 Å². The molecule has 4 rings (SSSR count). The summed E-state index contributed by atoms with van der Waals surface area (Å²) in [7, 11) is 0. The van der Waals surface area contributed by atoms with E-state index in [1.54, 1.807) is 18.3 Å². The lowest BCUT2D eigenvalue weighted by Crippen LogP contribution is -2.05. The number of ether oxygens (including phenoxy) is 1. The Morgan fingerprint density at radius 3 is 2.75 bits per heavy atom. The van der Waals surface area contributed by atoms with Crippen molar-refractivity contribution < 1.29 is 23.4 Å². The van der Waals surface area contributed by atoms with Crippen LogP contribution in [0.3, 0.4) is 0 Å². The molecule has 7 heteroatoms. The molecule has 0 unspecified atom stereocenters. The molecule has 2 aromatic heterocycles. The van der Waals surface area contributed by atoms with E-state index in [0.29, 0.717) is 33.5 Å². The second-order valence-corrected chi connectivity index (χ2v) is 7.51. The normalized spacial score (nSPS) is 11.1. The minimum absolute atomic E-state index is 0.130. The summed E-state index contributed by atoms with van der Waals surface area (Å²) in [5.41, 5.74) is 10.8. The van der Waals surface area contributed by atoms with Gasteiger partial charge in [0.2, 0.25) is 0 Å². The van der Waals surface area contributed by atoms with E-state index >= 15 is 0 Å². The standard InChI is InChI=1S/C25H23FN2O4/c1-2-15-3-4-18(12-24(29)30)22(9-15)31-14-16-7-19-11-23(26)32-25(19)21(8-16)17-5-6-28-20(10-17)13-27/h3-11H,2,12-14,27H2,1H3,(H,29,30). The lowest BCUT2D eigenvalue weighted by atomic mass is 10.0. The van der Waals surface area contributed by atoms with Crippen LogP contribution in [0.2, 0.25) is 0 Å². The third-order valence-electron chi connectivity index (χ3n) is 5.26. The van der Waals surface area contributed by atoms with Gasteiger partial charge in [-0.25, -0.2) is 0 Å². The maximum absolute atomic E-state index is 13.9. The number of aromatic nitrogens is 1. The van der Waals surface area contributed by atoms with Crippen LogP contribution in [0.4, 0.5) is 4.39 Å². The van der Waals surface area contributed by atoms with Crippen LogP contribution in [0.1, 0.15) is 29.3 Å². The summed E-state index contributed by atoms with van der Waals surface area (Å²) >= 11 is 0. The molecule has 0 fully saturated rings. The van der Waals surface area contributed by atoms with Gasteiger partial charge in [-0.1, -0.05) is 19.1 Å². The molecule has 2 heterocycles. The molecule has 0 aliphatic heterocycles. The van der Waals surface area contributed by atoms with Gasteiger partial charge in [-0.3, -0.25) is 9.78 Å². The largest absolute Gasteiger partial charge is 0.489 e. The summed E-state index contributed by atoms with van der Waals surface area (Å²) in [5, 5.41) is 9.82. The highest BCUT2D eigenvalue weighted by Crippen LogP contribution is 2.33. The predicted molar refractivity (Wildman–Crippen MR) is 119 cm³/mol. The highest BCUT2D eigenvalue weighted by Gasteiger charge is 2.15. The molecule has 0 saturated carbocycles. The van der Waals surface area contributed by atoms with E-state index in [9.17, 15) is 14.3 Å². The summed E-state index contributed by atoms with van der Waals surface area (Å²) in [6, 6.07) is 13.6. The number of nitrogens with zero attached hydrogens (tertiary/aromatic N) is 1. The summed E-state index contributed by atoms with van der Waals surface area (Å²) in [6.45, 7) is 2.49. The van der Waals surface area contributed by atoms with E-state index in [0.717, 1.165) is 23.1 Å². The number of aliphatic carboxylic acids is 1. The van der Waals surface area contributed by atoms with Crippen LogP contribution < -0.4 is 10.5 Å². The Bertz CT molecular complexity index is 1280. The van der Waals surface area contributed by atoms with Crippen molar-refractivity contribution in [3.8, 4) is 16.9 Å². The maximum Gasteiger partial charge on any atom is 0.307 e. The minimum Gasteiger partial charge on any atom is -0.489 e. The molecule has 3 N–H and O–H groups in total. The van der Waals surface area contributed by atoms with Gasteiger partial charge in [0.05, 0.1) is 12.1 Å². The summed E-state index contributed by atoms with van der Waals surface area (Å²) in [5.74, 6) is -0.397. The molecule has 0 aliphatic rings. The Morgan fingerprint density at radius 1 is 1.16 bits per heavy atom. The molecule has 0 saturated heterocycles. The van der Waals surface area contributed by atoms with Gasteiger partial charge >= 0.3 is 5.97 Å². The number of hydrogen-bond donors (Lipinski definition) is 2. The first-order valence-corrected chi connectivity index (χ1v) is 10.3. The number of hydrogen-bond acceptors (Lipinski definition) is 5. The van der Waals surface area contributed by atoms with Crippen molar-refractivity contribution in [1.29, 1.82) is 0 Å². The first-order chi connectivity index (χ1) is 15.5. The van der Waals surface area contributed by atoms with Crippen LogP contribution in [-0.4, -0.2) is 16.1 Å². The van der Waals surface area contributed by atoms with Crippen LogP contribution in [0.5, 0.6) is 5.75 Å². The number of pyridine rings is 1. The SMILES string of the molecule is CCc1ccc(CC(=O)O)c(OCc2cc(-c3ccnc(CN)c3)c3oc(F)cc3c2)c1. The Kier molecular flexibility index (Phi) is 6.18. The second kappa shape index (κ2) is 9.20. The molecule has 0 amide bonds. The maximum atomic E-state index is 13.9. The molecule has 32 heavy (non-hydrogen) atoms. The van der Waals surface area contributed by atoms with E-state index in [-0.39, 0.29) is 19.6 Å². The van der Waals surface area contributed by atoms with E-state index in [1.165, 1.54) is 6.07 Å². The number of nitrogens with two attached hydrogens (primary N) is 1. The molecular weight excluding hydrogens is 411 g/mol. The van der Waals surface area contributed by atoms with Crippen LogP contribution in [0.25, 0.3) is 22.1 Å². The fraction of sp³-hybridized carbons (Fsp3) is 0.200. The third-order valence-corrected chi connectivity index (χ3v) is 5.26. The van der Waals surface area contributed by atoms with Crippen molar-refractivity contribution in [2.24, 2.45) is 5.73 Å². The fourth-order valence-corrected chi connectivity index (χ4v) is 3.66. The zero-order chi connectivity index (χ0) is 22.7. The van der Waals surface area contributed by atoms with Crippen molar-refractivity contribution in [2.45, 2.75) is 32.9 Å². The molecule has 164 valence electrons. The van der Waals surface area contributed by atoms with E-state index in [4.69, 9.17) is 14.9 Å². The van der Waals surface area contributed by atoms with Crippen LogP contribution in [0.15, 0.2) is 59.1 Å². The molecule has 6 nitrogen and oxygen atoms in total. The molecule has 4 aromatic rings. The number of rotatable bonds is 8. The zero-order valence-electron chi connectivity index (χ0n) is 17.6. The fourth-order valence-electron chi connectivity index (χ4n) is 3.66. The Balaban J connectivity index is 1.71. The zero-order valence-corrected chi connectivity index (χ0v) is 17.6. The van der Waals surface area contributed by atoms with E-state index in [2.05, 4.69) is 4.98 Å². The first-order valence-electron chi connectivity index (χ1n) is 10.3. The molecule has 0 aliphatic carbocycles. The lowest BCUT2D eigenvalue weighted by Gasteiger charge is -2.13. The van der Waals surface area contributed by atoms with Crippen LogP contribution in [0, 0.1) is 6.01 Å². The van der Waals surface area contributed by atoms with Gasteiger partial charge in [-0.05, 0) is 53.4 Å². The summed E-state index contributed by atoms with van der Waals surface area (Å²) < 4.78 is 25.3. The van der Waals surface area contributed by atoms with Crippen LogP contribution >= 0.6 is 0 Å². The topological polar surface area (TPSA) is 98.6 Å². The molecule has 0 atom stereocenters. The molecule has 0 bridgehead atoms. The van der Waals surface area contributed by atoms with Crippen molar-refractivity contribution in [1.82, 2.24) is 4.98 Å². The minimum atomic E-state index is -0.926. The highest BCUT2D eigenvalue weighted by molar-refractivity contribution is 5.93. The van der Waals surface area contributed by atoms with Gasteiger partial charge in [-0.15, -0.1) is 0 Å². The number of benzene rings is 2. The van der Waals surface area contributed by atoms with Gasteiger partial charge < -0.3 is 20.0 Å². The number of furan rings is 1. The van der Waals surface area contributed by atoms with Crippen molar-refractivity contribution in [3.05, 3.63) is 83.1 Å². The van der Waals surface area contributed by atoms with E-state index in [1.807, 2.05) is 37.3 Å². The smallest absolute Gasteiger partial charge is 0.307 e. The number of carboxylic acids is 1. The molecule has 2 aromatic carbocycles. The van der Waals surface area contributed by atoms with Crippen molar-refractivity contribution in [3.63, 3.8) is 0 Å². The number of carbonyl (C=O) groups is 1. The average Bonchev–Trinajstić information content (AvgIpc) is 3.17. The number of aryl methyl sites for hydroxylation is 1. The van der Waals surface area contributed by atoms with Gasteiger partial charge in [-0.2, -0.15) is 4.39 Å². The third kappa shape index (κ3) is 4.63. The number of fused-ring (bicyclic) bond motifs is 1. The Labute approximate surface area is 184 Å². The first kappa shape index (κ1) is 21.5. The summed E-state index contributed by atoms with van der Waals surface area (Å²) in [6.07, 6.45) is 2.33. The monoisotopic (exact) mass is 434 g/mol. The van der Waals surface area contributed by atoms with Gasteiger partial charge in [0, 0.05) is 35.3 Å². The van der Waals surface area contributed by atoms with Gasteiger partial charge in [0.1, 0.15) is 17.9 Å². The quantitative estimate of drug-likeness (QED) is 0.411. The number of carboxylic acid groups (broad SMARTS) is 1. The van der Waals surface area contributed by atoms with Gasteiger partial charge in [0.15, 0.2) is 0 Å². The Morgan fingerprint density at radius 2 is 2.00 bits per heavy atom. The van der Waals surface area contributed by atoms with Crippen molar-refractivity contribution in [2.75, 3.05) is 0 Å². The molecule has 0 radical (unpaired) electrons. The molecular formula is C25H23FN2O4. The summed E-state index contributed by atoms with van der Waals surface area (Å²) in [4.78, 5) is 15.5. The number of halogens is 1. The lowest BCUT2D eigenvalue weighted by molar-refractivity contribution is -0.136.